The van der Waals surface area contributed by atoms with Gasteiger partial charge < -0.3 is 24.3 Å². The number of fused-ring (bicyclic) bond motifs is 2. The molecule has 0 N–H and O–H groups in total. The SMILES string of the molecule is Cc1cc(C(F)(F)F)cc(N2C(=O)C[C@@H]3CN(CCCOC4CN(C(=O)/C(Cl)=C/CN(C)C)C4)c4c(F)cccc4N(C)C(=O)[C@H]32)n1. The van der Waals surface area contributed by atoms with Crippen LogP contribution in [0.25, 0.3) is 0 Å². The number of hydrogen-bond acceptors (Lipinski definition) is 7. The molecule has 2 saturated heterocycles. The second-order valence-electron chi connectivity index (χ2n) is 12.3. The molecule has 4 heterocycles. The molecule has 3 aliphatic heterocycles. The summed E-state index contributed by atoms with van der Waals surface area (Å²) in [6.45, 7) is 3.43. The van der Waals surface area contributed by atoms with Gasteiger partial charge in [-0.05, 0) is 57.8 Å². The number of likely N-dealkylation sites (N-methyl/N-ethyl adjacent to an activating group) is 2. The number of anilines is 3. The molecule has 3 aliphatic rings. The molecule has 0 aliphatic carbocycles. The number of aryl methyl sites for hydroxylation is 1. The molecule has 3 amide bonds. The first-order valence-electron chi connectivity index (χ1n) is 15.3. The number of alkyl halides is 3. The van der Waals surface area contributed by atoms with Gasteiger partial charge in [-0.1, -0.05) is 17.7 Å². The maximum atomic E-state index is 15.4. The lowest BCUT2D eigenvalue weighted by Crippen LogP contribution is -2.55. The van der Waals surface area contributed by atoms with Gasteiger partial charge in [-0.15, -0.1) is 0 Å². The fourth-order valence-corrected chi connectivity index (χ4v) is 6.37. The molecule has 254 valence electrons. The molecule has 15 heteroatoms. The maximum absolute atomic E-state index is 15.4. The predicted octanol–water partition coefficient (Wildman–Crippen LogP) is 4.05. The smallest absolute Gasteiger partial charge is 0.374 e. The third kappa shape index (κ3) is 7.39. The Kier molecular flexibility index (Phi) is 10.1. The largest absolute Gasteiger partial charge is 0.416 e. The molecule has 47 heavy (non-hydrogen) atoms. The minimum Gasteiger partial charge on any atom is -0.374 e. The first-order chi connectivity index (χ1) is 22.1. The third-order valence-corrected chi connectivity index (χ3v) is 8.84. The number of likely N-dealkylation sites (tertiary alicyclic amines) is 1. The zero-order chi connectivity index (χ0) is 34.2. The Balaban J connectivity index is 1.30. The van der Waals surface area contributed by atoms with Crippen LogP contribution in [0.2, 0.25) is 0 Å². The van der Waals surface area contributed by atoms with Gasteiger partial charge in [0, 0.05) is 64.4 Å². The lowest BCUT2D eigenvalue weighted by molar-refractivity contribution is -0.140. The van der Waals surface area contributed by atoms with Gasteiger partial charge >= 0.3 is 6.18 Å². The number of aromatic nitrogens is 1. The number of ether oxygens (including phenoxy) is 1. The highest BCUT2D eigenvalue weighted by Crippen LogP contribution is 2.41. The molecule has 0 unspecified atom stereocenters. The molecule has 0 radical (unpaired) electrons. The number of nitrogens with zero attached hydrogens (tertiary/aromatic N) is 6. The average molecular weight is 681 g/mol. The van der Waals surface area contributed by atoms with Crippen molar-refractivity contribution in [3.8, 4) is 0 Å². The maximum Gasteiger partial charge on any atom is 0.416 e. The number of para-hydroxylation sites is 1. The summed E-state index contributed by atoms with van der Waals surface area (Å²) in [4.78, 5) is 51.5. The Bertz CT molecular complexity index is 1560. The molecule has 10 nitrogen and oxygen atoms in total. The molecule has 5 rings (SSSR count). The molecule has 2 fully saturated rings. The van der Waals surface area contributed by atoms with E-state index in [1.54, 1.807) is 21.9 Å². The number of halogens is 5. The number of carbonyl (C=O) groups is 3. The Morgan fingerprint density at radius 3 is 2.57 bits per heavy atom. The van der Waals surface area contributed by atoms with Crippen LogP contribution in [0.4, 0.5) is 34.8 Å². The summed E-state index contributed by atoms with van der Waals surface area (Å²) >= 11 is 6.13. The summed E-state index contributed by atoms with van der Waals surface area (Å²) in [5.41, 5.74) is -0.455. The van der Waals surface area contributed by atoms with Crippen LogP contribution in [0, 0.1) is 18.7 Å². The fraction of sp³-hybridized carbons (Fsp3) is 0.500. The van der Waals surface area contributed by atoms with Crippen LogP contribution in [0.1, 0.15) is 24.1 Å². The topological polar surface area (TPSA) is 89.5 Å². The van der Waals surface area contributed by atoms with E-state index in [0.717, 1.165) is 17.0 Å². The van der Waals surface area contributed by atoms with E-state index in [2.05, 4.69) is 4.98 Å². The zero-order valence-electron chi connectivity index (χ0n) is 26.6. The lowest BCUT2D eigenvalue weighted by Gasteiger charge is -2.40. The molecule has 0 spiro atoms. The Morgan fingerprint density at radius 1 is 1.17 bits per heavy atom. The van der Waals surface area contributed by atoms with Gasteiger partial charge in [0.15, 0.2) is 0 Å². The van der Waals surface area contributed by atoms with E-state index in [-0.39, 0.29) is 52.9 Å². The second kappa shape index (κ2) is 13.8. The molecule has 0 saturated carbocycles. The van der Waals surface area contributed by atoms with Crippen LogP contribution in [0.15, 0.2) is 41.4 Å². The van der Waals surface area contributed by atoms with Crippen molar-refractivity contribution in [3.63, 3.8) is 0 Å². The first-order valence-corrected chi connectivity index (χ1v) is 15.6. The van der Waals surface area contributed by atoms with Crippen LogP contribution in [0.5, 0.6) is 0 Å². The molecule has 1 aromatic carbocycles. The number of amides is 3. The van der Waals surface area contributed by atoms with E-state index in [0.29, 0.717) is 39.2 Å². The number of pyridine rings is 1. The Morgan fingerprint density at radius 2 is 1.89 bits per heavy atom. The van der Waals surface area contributed by atoms with Gasteiger partial charge in [0.2, 0.25) is 11.8 Å². The van der Waals surface area contributed by atoms with E-state index in [1.807, 2.05) is 19.0 Å². The molecule has 2 aromatic rings. The third-order valence-electron chi connectivity index (χ3n) is 8.53. The van der Waals surface area contributed by atoms with E-state index < -0.39 is 41.3 Å². The number of benzene rings is 1. The predicted molar refractivity (Wildman–Crippen MR) is 169 cm³/mol. The summed E-state index contributed by atoms with van der Waals surface area (Å²) in [7, 11) is 5.20. The quantitative estimate of drug-likeness (QED) is 0.224. The summed E-state index contributed by atoms with van der Waals surface area (Å²) in [6.07, 6.45) is -2.86. The monoisotopic (exact) mass is 680 g/mol. The highest BCUT2D eigenvalue weighted by molar-refractivity contribution is 6.42. The van der Waals surface area contributed by atoms with Gasteiger partial charge in [-0.2, -0.15) is 13.2 Å². The summed E-state index contributed by atoms with van der Waals surface area (Å²) < 4.78 is 62.3. The van der Waals surface area contributed by atoms with Crippen molar-refractivity contribution in [2.75, 3.05) is 75.2 Å². The van der Waals surface area contributed by atoms with Gasteiger partial charge in [0.1, 0.15) is 22.7 Å². The molecular formula is C32H37ClF4N6O4. The second-order valence-corrected chi connectivity index (χ2v) is 12.8. The van der Waals surface area contributed by atoms with Crippen LogP contribution >= 0.6 is 11.6 Å². The number of hydrogen-bond donors (Lipinski definition) is 0. The molecule has 2 atom stereocenters. The minimum atomic E-state index is -4.68. The fourth-order valence-electron chi connectivity index (χ4n) is 6.18. The van der Waals surface area contributed by atoms with Crippen molar-refractivity contribution in [1.82, 2.24) is 14.8 Å². The Labute approximate surface area is 275 Å². The van der Waals surface area contributed by atoms with Gasteiger partial charge in [-0.25, -0.2) is 9.37 Å². The molecule has 0 bridgehead atoms. The Hall–Kier alpha value is -3.75. The van der Waals surface area contributed by atoms with Gasteiger partial charge in [-0.3, -0.25) is 19.3 Å². The number of carbonyl (C=O) groups excluding carboxylic acids is 3. The zero-order valence-corrected chi connectivity index (χ0v) is 27.3. The van der Waals surface area contributed by atoms with E-state index in [1.165, 1.54) is 31.0 Å². The van der Waals surface area contributed by atoms with Crippen LogP contribution < -0.4 is 14.7 Å². The van der Waals surface area contributed by atoms with Gasteiger partial charge in [0.25, 0.3) is 5.91 Å². The van der Waals surface area contributed by atoms with E-state index in [9.17, 15) is 27.6 Å². The highest BCUT2D eigenvalue weighted by Gasteiger charge is 2.49. The summed E-state index contributed by atoms with van der Waals surface area (Å²) in [5, 5.41) is 0.152. The lowest BCUT2D eigenvalue weighted by atomic mass is 9.95. The molecule has 1 aromatic heterocycles. The standard InChI is InChI=1S/C32H37ClF4N6O4/c1-19-13-21(32(35,36)37)15-26(38-19)43-27(44)14-20-16-41(29-24(34)7-5-8-25(29)40(4)31(46)28(20)43)10-6-12-47-22-17-42(18-22)30(45)23(33)9-11-39(2)3/h5,7-9,13,15,20,22,28H,6,10-12,14,16-18H2,1-4H3/b23-9-/t20-,28+/m1/s1. The average Bonchev–Trinajstić information content (AvgIpc) is 3.30. The van der Waals surface area contributed by atoms with Crippen LogP contribution in [0.3, 0.4) is 0 Å². The van der Waals surface area contributed by atoms with E-state index >= 15 is 4.39 Å². The minimum absolute atomic E-state index is 0.0506. The van der Waals surface area contributed by atoms with Crippen molar-refractivity contribution in [2.45, 2.75) is 38.1 Å². The number of rotatable bonds is 9. The van der Waals surface area contributed by atoms with Crippen molar-refractivity contribution >= 4 is 46.5 Å². The van der Waals surface area contributed by atoms with Crippen molar-refractivity contribution in [2.24, 2.45) is 5.92 Å². The highest BCUT2D eigenvalue weighted by atomic mass is 35.5. The molecular weight excluding hydrogens is 644 g/mol. The first kappa shape index (κ1) is 34.6. The summed E-state index contributed by atoms with van der Waals surface area (Å²) in [6, 6.07) is 4.87. The van der Waals surface area contributed by atoms with Crippen molar-refractivity contribution < 1.29 is 36.7 Å². The van der Waals surface area contributed by atoms with Crippen LogP contribution in [-0.4, -0.2) is 105 Å². The van der Waals surface area contributed by atoms with Crippen molar-refractivity contribution in [1.29, 1.82) is 0 Å². The van der Waals surface area contributed by atoms with Crippen molar-refractivity contribution in [3.05, 3.63) is 58.5 Å². The van der Waals surface area contributed by atoms with Crippen LogP contribution in [-0.2, 0) is 25.3 Å². The summed E-state index contributed by atoms with van der Waals surface area (Å²) in [5.74, 6) is -2.80. The van der Waals surface area contributed by atoms with E-state index in [4.69, 9.17) is 16.3 Å². The normalized spacial score (nSPS) is 20.8. The van der Waals surface area contributed by atoms with Gasteiger partial charge in [0.05, 0.1) is 23.0 Å².